The van der Waals surface area contributed by atoms with Gasteiger partial charge in [0.1, 0.15) is 5.82 Å². The number of nitrogens with one attached hydrogen (secondary N) is 1. The van der Waals surface area contributed by atoms with Gasteiger partial charge in [0.05, 0.1) is 0 Å². The third-order valence-corrected chi connectivity index (χ3v) is 5.95. The van der Waals surface area contributed by atoms with Crippen LogP contribution in [0, 0.1) is 12.8 Å². The zero-order chi connectivity index (χ0) is 18.8. The van der Waals surface area contributed by atoms with Crippen molar-refractivity contribution in [2.45, 2.75) is 70.9 Å². The van der Waals surface area contributed by atoms with Gasteiger partial charge < -0.3 is 15.6 Å². The van der Waals surface area contributed by atoms with Crippen molar-refractivity contribution in [1.82, 2.24) is 14.8 Å². The average Bonchev–Trinajstić information content (AvgIpc) is 2.91. The first-order chi connectivity index (χ1) is 13.1. The lowest BCUT2D eigenvalue weighted by Gasteiger charge is -2.26. The molecule has 1 saturated carbocycles. The zero-order valence-electron chi connectivity index (χ0n) is 16.9. The number of rotatable bonds is 3. The number of benzene rings is 1. The highest BCUT2D eigenvalue weighted by Gasteiger charge is 2.26. The highest BCUT2D eigenvalue weighted by molar-refractivity contribution is 5.94. The maximum absolute atomic E-state index is 12.7. The number of nitrogens with two attached hydrogens (primary N) is 1. The number of halogens is 2. The van der Waals surface area contributed by atoms with E-state index in [4.69, 9.17) is 5.73 Å². The summed E-state index contributed by atoms with van der Waals surface area (Å²) in [5.74, 6) is 2.08. The lowest BCUT2D eigenvalue weighted by atomic mass is 9.85. The first kappa shape index (κ1) is 23.6. The molecule has 1 aliphatic heterocycles. The molecule has 2 aliphatic rings. The van der Waals surface area contributed by atoms with Gasteiger partial charge in [0, 0.05) is 36.2 Å². The molecule has 1 fully saturated rings. The summed E-state index contributed by atoms with van der Waals surface area (Å²) in [5.41, 5.74) is 8.99. The summed E-state index contributed by atoms with van der Waals surface area (Å²) in [6.45, 7) is 2.99. The van der Waals surface area contributed by atoms with Crippen LogP contribution in [0.5, 0.6) is 0 Å². The summed E-state index contributed by atoms with van der Waals surface area (Å²) in [5, 5.41) is 12.0. The Morgan fingerprint density at radius 2 is 1.97 bits per heavy atom. The second-order valence-corrected chi connectivity index (χ2v) is 8.04. The van der Waals surface area contributed by atoms with Crippen LogP contribution in [0.2, 0.25) is 0 Å². The van der Waals surface area contributed by atoms with Crippen molar-refractivity contribution in [2.24, 2.45) is 11.7 Å². The highest BCUT2D eigenvalue weighted by atomic mass is 35.5. The molecule has 0 spiro atoms. The van der Waals surface area contributed by atoms with Crippen LogP contribution in [0.25, 0.3) is 11.4 Å². The van der Waals surface area contributed by atoms with Gasteiger partial charge in [0.2, 0.25) is 5.91 Å². The number of aryl methyl sites for hydroxylation is 2. The minimum absolute atomic E-state index is 0. The Balaban J connectivity index is 0.00000150. The van der Waals surface area contributed by atoms with E-state index in [2.05, 4.69) is 32.2 Å². The van der Waals surface area contributed by atoms with Crippen LogP contribution in [0.4, 0.5) is 5.69 Å². The predicted molar refractivity (Wildman–Crippen MR) is 121 cm³/mol. The fourth-order valence-electron chi connectivity index (χ4n) is 4.29. The fraction of sp³-hybridized carbons (Fsp3) is 0.571. The second-order valence-electron chi connectivity index (χ2n) is 8.04. The third kappa shape index (κ3) is 5.30. The van der Waals surface area contributed by atoms with Gasteiger partial charge in [0.25, 0.3) is 0 Å². The van der Waals surface area contributed by atoms with E-state index in [1.54, 1.807) is 0 Å². The van der Waals surface area contributed by atoms with Gasteiger partial charge in [-0.2, -0.15) is 0 Å². The Bertz CT molecular complexity index is 838. The molecule has 8 heteroatoms. The Hall–Kier alpha value is -1.63. The van der Waals surface area contributed by atoms with Crippen molar-refractivity contribution in [2.75, 3.05) is 5.32 Å². The van der Waals surface area contributed by atoms with Crippen LogP contribution >= 0.6 is 24.8 Å². The van der Waals surface area contributed by atoms with E-state index in [-0.39, 0.29) is 42.7 Å². The quantitative estimate of drug-likeness (QED) is 0.746. The monoisotopic (exact) mass is 439 g/mol. The molecular formula is C21H31Cl2N5O. The van der Waals surface area contributed by atoms with Crippen LogP contribution in [0.15, 0.2) is 18.2 Å². The maximum Gasteiger partial charge on any atom is 0.227 e. The van der Waals surface area contributed by atoms with E-state index in [0.717, 1.165) is 73.5 Å². The Morgan fingerprint density at radius 3 is 2.76 bits per heavy atom. The van der Waals surface area contributed by atoms with Crippen LogP contribution in [0.1, 0.15) is 56.3 Å². The molecule has 1 aliphatic carbocycles. The van der Waals surface area contributed by atoms with E-state index in [9.17, 15) is 4.79 Å². The second kappa shape index (κ2) is 10.4. The van der Waals surface area contributed by atoms with Gasteiger partial charge in [0.15, 0.2) is 5.82 Å². The van der Waals surface area contributed by atoms with Crippen molar-refractivity contribution in [3.63, 3.8) is 0 Å². The van der Waals surface area contributed by atoms with Gasteiger partial charge in [-0.25, -0.2) is 0 Å². The smallest absolute Gasteiger partial charge is 0.227 e. The van der Waals surface area contributed by atoms with E-state index < -0.39 is 0 Å². The van der Waals surface area contributed by atoms with Crippen LogP contribution in [-0.2, 0) is 17.8 Å². The predicted octanol–water partition coefficient (Wildman–Crippen LogP) is 4.28. The van der Waals surface area contributed by atoms with Crippen LogP contribution in [-0.4, -0.2) is 26.7 Å². The van der Waals surface area contributed by atoms with E-state index in [0.29, 0.717) is 0 Å². The summed E-state index contributed by atoms with van der Waals surface area (Å²) < 4.78 is 2.24. The normalized spacial score (nSPS) is 21.2. The minimum Gasteiger partial charge on any atom is -0.328 e. The lowest BCUT2D eigenvalue weighted by molar-refractivity contribution is -0.120. The maximum atomic E-state index is 12.7. The first-order valence-corrected chi connectivity index (χ1v) is 10.2. The topological polar surface area (TPSA) is 85.8 Å². The van der Waals surface area contributed by atoms with E-state index >= 15 is 0 Å². The van der Waals surface area contributed by atoms with Crippen LogP contribution in [0.3, 0.4) is 0 Å². The molecule has 2 heterocycles. The number of hydrogen-bond donors (Lipinski definition) is 2. The number of anilines is 1. The summed E-state index contributed by atoms with van der Waals surface area (Å²) in [4.78, 5) is 12.7. The van der Waals surface area contributed by atoms with Crippen molar-refractivity contribution in [3.05, 3.63) is 29.6 Å². The summed E-state index contributed by atoms with van der Waals surface area (Å²) in [7, 11) is 0. The molecule has 0 saturated heterocycles. The molecule has 2 unspecified atom stereocenters. The number of fused-ring (bicyclic) bond motifs is 1. The largest absolute Gasteiger partial charge is 0.328 e. The van der Waals surface area contributed by atoms with Gasteiger partial charge in [-0.3, -0.25) is 4.79 Å². The Labute approximate surface area is 184 Å². The molecule has 0 radical (unpaired) electrons. The summed E-state index contributed by atoms with van der Waals surface area (Å²) in [6.07, 6.45) is 8.33. The van der Waals surface area contributed by atoms with Crippen molar-refractivity contribution in [1.29, 1.82) is 0 Å². The molecule has 29 heavy (non-hydrogen) atoms. The van der Waals surface area contributed by atoms with Crippen LogP contribution < -0.4 is 11.1 Å². The average molecular weight is 440 g/mol. The molecule has 1 aromatic heterocycles. The van der Waals surface area contributed by atoms with Crippen molar-refractivity contribution in [3.8, 4) is 11.4 Å². The Morgan fingerprint density at radius 1 is 1.14 bits per heavy atom. The number of carbonyl (C=O) groups excluding carboxylic acids is 1. The van der Waals surface area contributed by atoms with E-state index in [1.165, 1.54) is 12.8 Å². The van der Waals surface area contributed by atoms with Crippen molar-refractivity contribution < 1.29 is 4.79 Å². The molecule has 4 rings (SSSR count). The molecule has 0 bridgehead atoms. The summed E-state index contributed by atoms with van der Waals surface area (Å²) in [6, 6.07) is 6.31. The number of aromatic nitrogens is 3. The SMILES string of the molecule is Cc1ccc(-c2nnc3n2CCCCC3)cc1NC(=O)C1CCCC(N)C1.Cl.Cl. The molecular weight excluding hydrogens is 409 g/mol. The molecule has 6 nitrogen and oxygen atoms in total. The van der Waals surface area contributed by atoms with Gasteiger partial charge in [-0.05, 0) is 50.7 Å². The summed E-state index contributed by atoms with van der Waals surface area (Å²) >= 11 is 0. The van der Waals surface area contributed by atoms with E-state index in [1.807, 2.05) is 13.0 Å². The number of carbonyl (C=O) groups is 1. The van der Waals surface area contributed by atoms with Gasteiger partial charge in [-0.15, -0.1) is 35.0 Å². The van der Waals surface area contributed by atoms with Gasteiger partial charge in [-0.1, -0.05) is 25.0 Å². The third-order valence-electron chi connectivity index (χ3n) is 5.95. The molecule has 160 valence electrons. The lowest BCUT2D eigenvalue weighted by Crippen LogP contribution is -2.34. The zero-order valence-corrected chi connectivity index (χ0v) is 18.5. The standard InChI is InChI=1S/C21H29N5O.2ClH/c1-14-9-10-15(20-25-24-19-8-3-2-4-11-26(19)20)13-18(14)23-21(27)16-6-5-7-17(22)12-16;;/h9-10,13,16-17H,2-8,11-12,22H2,1H3,(H,23,27);2*1H. The Kier molecular flexibility index (Phi) is 8.49. The number of amides is 1. The highest BCUT2D eigenvalue weighted by Crippen LogP contribution is 2.29. The molecule has 3 N–H and O–H groups in total. The minimum atomic E-state index is 0. The molecule has 1 amide bonds. The number of hydrogen-bond acceptors (Lipinski definition) is 4. The molecule has 1 aromatic carbocycles. The first-order valence-electron chi connectivity index (χ1n) is 10.2. The molecule has 2 atom stereocenters. The number of nitrogens with zero attached hydrogens (tertiary/aromatic N) is 3. The molecule has 2 aromatic rings. The van der Waals surface area contributed by atoms with Crippen molar-refractivity contribution >= 4 is 36.4 Å². The van der Waals surface area contributed by atoms with Gasteiger partial charge >= 0.3 is 0 Å². The fourth-order valence-corrected chi connectivity index (χ4v) is 4.29.